The minimum Gasteiger partial charge on any atom is -0.396 e. The van der Waals surface area contributed by atoms with Crippen molar-refractivity contribution >= 4 is 17.3 Å². The second-order valence-electron chi connectivity index (χ2n) is 4.41. The highest BCUT2D eigenvalue weighted by Gasteiger charge is 2.16. The van der Waals surface area contributed by atoms with E-state index < -0.39 is 4.92 Å². The van der Waals surface area contributed by atoms with Crippen LogP contribution in [0.1, 0.15) is 26.2 Å². The van der Waals surface area contributed by atoms with Crippen molar-refractivity contribution in [1.82, 2.24) is 4.98 Å². The Morgan fingerprint density at radius 2 is 2.26 bits per heavy atom. The lowest BCUT2D eigenvalue weighted by atomic mass is 10.0. The summed E-state index contributed by atoms with van der Waals surface area (Å²) >= 11 is 0. The Morgan fingerprint density at radius 1 is 1.53 bits per heavy atom. The second-order valence-corrected chi connectivity index (χ2v) is 4.41. The van der Waals surface area contributed by atoms with Gasteiger partial charge in [-0.1, -0.05) is 13.3 Å². The standard InChI is InChI=1S/C12H20N4O3/c1-2-3-9(6-7-17)8-14-12-10(16(18)19)4-5-11(13)15-12/h4-5,9,17H,2-3,6-8H2,1H3,(H3,13,14,15). The number of hydrogen-bond acceptors (Lipinski definition) is 6. The molecule has 0 amide bonds. The van der Waals surface area contributed by atoms with Gasteiger partial charge in [0, 0.05) is 19.2 Å². The van der Waals surface area contributed by atoms with Crippen molar-refractivity contribution in [3.63, 3.8) is 0 Å². The molecule has 1 aromatic rings. The molecule has 0 aliphatic carbocycles. The van der Waals surface area contributed by atoms with Gasteiger partial charge >= 0.3 is 5.69 Å². The lowest BCUT2D eigenvalue weighted by Crippen LogP contribution is -2.17. The van der Waals surface area contributed by atoms with Crippen molar-refractivity contribution in [3.05, 3.63) is 22.2 Å². The molecule has 4 N–H and O–H groups in total. The molecule has 0 aliphatic rings. The number of nitrogen functional groups attached to an aromatic ring is 1. The second kappa shape index (κ2) is 7.52. The molecule has 7 heteroatoms. The fraction of sp³-hybridized carbons (Fsp3) is 0.583. The van der Waals surface area contributed by atoms with Crippen molar-refractivity contribution in [2.45, 2.75) is 26.2 Å². The van der Waals surface area contributed by atoms with E-state index in [0.717, 1.165) is 12.8 Å². The number of nitrogens with two attached hydrogens (primary N) is 1. The number of nitrogens with one attached hydrogen (secondary N) is 1. The van der Waals surface area contributed by atoms with Crippen LogP contribution in [0.5, 0.6) is 0 Å². The molecule has 1 unspecified atom stereocenters. The van der Waals surface area contributed by atoms with Gasteiger partial charge in [-0.2, -0.15) is 0 Å². The van der Waals surface area contributed by atoms with Gasteiger partial charge < -0.3 is 16.2 Å². The van der Waals surface area contributed by atoms with Gasteiger partial charge in [0.15, 0.2) is 0 Å². The zero-order chi connectivity index (χ0) is 14.3. The monoisotopic (exact) mass is 268 g/mol. The predicted octanol–water partition coefficient (Wildman–Crippen LogP) is 1.78. The maximum absolute atomic E-state index is 10.9. The maximum Gasteiger partial charge on any atom is 0.311 e. The molecule has 7 nitrogen and oxygen atoms in total. The molecule has 0 radical (unpaired) electrons. The summed E-state index contributed by atoms with van der Waals surface area (Å²) in [4.78, 5) is 14.3. The summed E-state index contributed by atoms with van der Waals surface area (Å²) in [5, 5.41) is 22.8. The third-order valence-electron chi connectivity index (χ3n) is 2.88. The highest BCUT2D eigenvalue weighted by Crippen LogP contribution is 2.23. The van der Waals surface area contributed by atoms with Gasteiger partial charge in [0.2, 0.25) is 5.82 Å². The van der Waals surface area contributed by atoms with Gasteiger partial charge in [-0.15, -0.1) is 0 Å². The van der Waals surface area contributed by atoms with Crippen molar-refractivity contribution in [2.24, 2.45) is 5.92 Å². The normalized spacial score (nSPS) is 12.1. The fourth-order valence-electron chi connectivity index (χ4n) is 1.92. The first kappa shape index (κ1) is 15.2. The van der Waals surface area contributed by atoms with Crippen LogP contribution in [0.15, 0.2) is 12.1 Å². The zero-order valence-corrected chi connectivity index (χ0v) is 11.0. The van der Waals surface area contributed by atoms with Crippen LogP contribution in [-0.2, 0) is 0 Å². The molecule has 1 rings (SSSR count). The Morgan fingerprint density at radius 3 is 2.84 bits per heavy atom. The average molecular weight is 268 g/mol. The van der Waals surface area contributed by atoms with Gasteiger partial charge in [-0.25, -0.2) is 4.98 Å². The van der Waals surface area contributed by atoms with E-state index in [9.17, 15) is 10.1 Å². The van der Waals surface area contributed by atoms with E-state index in [-0.39, 0.29) is 29.8 Å². The summed E-state index contributed by atoms with van der Waals surface area (Å²) in [6.07, 6.45) is 2.61. The number of nitro groups is 1. The predicted molar refractivity (Wildman–Crippen MR) is 73.9 cm³/mol. The van der Waals surface area contributed by atoms with E-state index in [2.05, 4.69) is 17.2 Å². The first-order valence-electron chi connectivity index (χ1n) is 6.34. The molecule has 0 spiro atoms. The van der Waals surface area contributed by atoms with Crippen molar-refractivity contribution in [3.8, 4) is 0 Å². The first-order valence-corrected chi connectivity index (χ1v) is 6.34. The number of hydrogen-bond donors (Lipinski definition) is 3. The molecule has 0 aliphatic heterocycles. The van der Waals surface area contributed by atoms with Gasteiger partial charge in [0.1, 0.15) is 5.82 Å². The molecule has 0 bridgehead atoms. The molecular formula is C12H20N4O3. The summed E-state index contributed by atoms with van der Waals surface area (Å²) in [5.74, 6) is 0.684. The fourth-order valence-corrected chi connectivity index (χ4v) is 1.92. The van der Waals surface area contributed by atoms with Crippen LogP contribution in [0.3, 0.4) is 0 Å². The number of nitrogens with zero attached hydrogens (tertiary/aromatic N) is 2. The Bertz CT molecular complexity index is 419. The number of aliphatic hydroxyl groups is 1. The topological polar surface area (TPSA) is 114 Å². The quantitative estimate of drug-likeness (QED) is 0.489. The Balaban J connectivity index is 2.74. The molecule has 1 aromatic heterocycles. The molecule has 1 atom stereocenters. The third kappa shape index (κ3) is 4.70. The van der Waals surface area contributed by atoms with Crippen molar-refractivity contribution in [2.75, 3.05) is 24.2 Å². The maximum atomic E-state index is 10.9. The van der Waals surface area contributed by atoms with E-state index in [1.807, 2.05) is 0 Å². The van der Waals surface area contributed by atoms with E-state index in [0.29, 0.717) is 13.0 Å². The van der Waals surface area contributed by atoms with Gasteiger partial charge in [0.25, 0.3) is 0 Å². The molecule has 0 aromatic carbocycles. The average Bonchev–Trinajstić information content (AvgIpc) is 2.36. The Kier molecular flexibility index (Phi) is 6.01. The summed E-state index contributed by atoms with van der Waals surface area (Å²) in [6.45, 7) is 2.70. The Hall–Kier alpha value is -1.89. The minimum absolute atomic E-state index is 0.0894. The number of anilines is 2. The molecule has 0 saturated heterocycles. The minimum atomic E-state index is -0.490. The van der Waals surface area contributed by atoms with E-state index in [1.54, 1.807) is 0 Å². The summed E-state index contributed by atoms with van der Waals surface area (Å²) in [5.41, 5.74) is 5.45. The first-order chi connectivity index (χ1) is 9.08. The van der Waals surface area contributed by atoms with Crippen LogP contribution >= 0.6 is 0 Å². The van der Waals surface area contributed by atoms with Crippen LogP contribution in [-0.4, -0.2) is 28.2 Å². The third-order valence-corrected chi connectivity index (χ3v) is 2.88. The lowest BCUT2D eigenvalue weighted by Gasteiger charge is -2.16. The summed E-state index contributed by atoms with van der Waals surface area (Å²) in [6, 6.07) is 2.74. The number of aliphatic hydroxyl groups excluding tert-OH is 1. The van der Waals surface area contributed by atoms with Crippen LogP contribution in [0.4, 0.5) is 17.3 Å². The highest BCUT2D eigenvalue weighted by atomic mass is 16.6. The molecule has 106 valence electrons. The molecule has 0 saturated carbocycles. The molecule has 1 heterocycles. The Labute approximate surface area is 112 Å². The molecule has 19 heavy (non-hydrogen) atoms. The van der Waals surface area contributed by atoms with Crippen LogP contribution in [0.25, 0.3) is 0 Å². The summed E-state index contributed by atoms with van der Waals surface area (Å²) < 4.78 is 0. The van der Waals surface area contributed by atoms with Crippen molar-refractivity contribution in [1.29, 1.82) is 0 Å². The SMILES string of the molecule is CCCC(CCO)CNc1nc(N)ccc1[N+](=O)[O-]. The molecular weight excluding hydrogens is 248 g/mol. The zero-order valence-electron chi connectivity index (χ0n) is 11.0. The summed E-state index contributed by atoms with van der Waals surface area (Å²) in [7, 11) is 0. The van der Waals surface area contributed by atoms with Crippen molar-refractivity contribution < 1.29 is 10.0 Å². The smallest absolute Gasteiger partial charge is 0.311 e. The van der Waals surface area contributed by atoms with Gasteiger partial charge in [-0.05, 0) is 24.8 Å². The van der Waals surface area contributed by atoms with Crippen LogP contribution in [0, 0.1) is 16.0 Å². The van der Waals surface area contributed by atoms with Crippen LogP contribution in [0.2, 0.25) is 0 Å². The number of pyridine rings is 1. The van der Waals surface area contributed by atoms with E-state index >= 15 is 0 Å². The molecule has 0 fully saturated rings. The lowest BCUT2D eigenvalue weighted by molar-refractivity contribution is -0.384. The van der Waals surface area contributed by atoms with E-state index in [4.69, 9.17) is 10.8 Å². The van der Waals surface area contributed by atoms with E-state index in [1.165, 1.54) is 12.1 Å². The largest absolute Gasteiger partial charge is 0.396 e. The van der Waals surface area contributed by atoms with Crippen LogP contribution < -0.4 is 11.1 Å². The van der Waals surface area contributed by atoms with Gasteiger partial charge in [0.05, 0.1) is 4.92 Å². The number of aromatic nitrogens is 1. The highest BCUT2D eigenvalue weighted by molar-refractivity contribution is 5.59. The van der Waals surface area contributed by atoms with Gasteiger partial charge in [-0.3, -0.25) is 10.1 Å². The number of rotatable bonds is 8.